The van der Waals surface area contributed by atoms with Gasteiger partial charge >= 0.3 is 0 Å². The fourth-order valence-corrected chi connectivity index (χ4v) is 0.268. The van der Waals surface area contributed by atoms with Crippen molar-refractivity contribution in [1.29, 1.82) is 0 Å². The molecule has 2 aliphatic rings. The van der Waals surface area contributed by atoms with Crippen LogP contribution in [0.2, 0.25) is 0 Å². The highest BCUT2D eigenvalue weighted by Crippen LogP contribution is 2.02. The van der Waals surface area contributed by atoms with Crippen molar-refractivity contribution in [2.75, 3.05) is 19.8 Å². The van der Waals surface area contributed by atoms with E-state index in [4.69, 9.17) is 10.2 Å². The molecule has 0 amide bonds. The Morgan fingerprint density at radius 1 is 1.27 bits per heavy atom. The van der Waals surface area contributed by atoms with Crippen LogP contribution < -0.4 is 0 Å². The van der Waals surface area contributed by atoms with Gasteiger partial charge in [-0.1, -0.05) is 0 Å². The van der Waals surface area contributed by atoms with Crippen LogP contribution in [0.15, 0.2) is 0 Å². The summed E-state index contributed by atoms with van der Waals surface area (Å²) in [7, 11) is 0. The smallest absolute Gasteiger partial charge is 0.151 e. The highest BCUT2D eigenvalue weighted by molar-refractivity contribution is 5.59. The van der Waals surface area contributed by atoms with Gasteiger partial charge in [0.1, 0.15) is 12.2 Å². The molecule has 2 aliphatic heterocycles. The van der Waals surface area contributed by atoms with Gasteiger partial charge < -0.3 is 29.3 Å². The third-order valence-corrected chi connectivity index (χ3v) is 1.29. The number of hydrogen-bond acceptors (Lipinski definition) is 6. The van der Waals surface area contributed by atoms with Crippen LogP contribution in [-0.4, -0.2) is 60.9 Å². The summed E-state index contributed by atoms with van der Waals surface area (Å²) in [6, 6.07) is 0. The van der Waals surface area contributed by atoms with E-state index in [1.54, 1.807) is 0 Å². The van der Waals surface area contributed by atoms with Crippen LogP contribution in [0.4, 0.5) is 0 Å². The summed E-state index contributed by atoms with van der Waals surface area (Å²) in [4.78, 5) is 18.9. The van der Waals surface area contributed by atoms with Crippen LogP contribution in [0.3, 0.4) is 0 Å². The Balaban J connectivity index is 0.000000196. The van der Waals surface area contributed by atoms with E-state index in [1.165, 1.54) is 6.92 Å². The second-order valence-electron chi connectivity index (χ2n) is 3.05. The molecule has 2 heterocycles. The quantitative estimate of drug-likeness (QED) is 0.445. The van der Waals surface area contributed by atoms with Gasteiger partial charge in [-0.15, -0.1) is 0 Å². The van der Waals surface area contributed by atoms with Crippen LogP contribution in [0.1, 0.15) is 6.92 Å². The van der Waals surface area contributed by atoms with E-state index in [0.29, 0.717) is 13.2 Å². The predicted molar refractivity (Wildman–Crippen MR) is 50.4 cm³/mol. The number of aliphatic hydroxyl groups is 2. The number of hydrogen-bond donors (Lipinski definition) is 2. The zero-order valence-corrected chi connectivity index (χ0v) is 8.54. The molecule has 15 heavy (non-hydrogen) atoms. The lowest BCUT2D eigenvalue weighted by Crippen LogP contribution is -2.03. The zero-order chi connectivity index (χ0) is 11.7. The Hall–Kier alpha value is -0.820. The van der Waals surface area contributed by atoms with E-state index in [0.717, 1.165) is 12.6 Å². The van der Waals surface area contributed by atoms with Crippen molar-refractivity contribution < 1.29 is 29.3 Å². The minimum Gasteiger partial charge on any atom is -0.394 e. The first-order valence-corrected chi connectivity index (χ1v) is 4.56. The van der Waals surface area contributed by atoms with Crippen molar-refractivity contribution in [3.05, 3.63) is 0 Å². The lowest BCUT2D eigenvalue weighted by atomic mass is 10.5. The molecule has 0 radical (unpaired) electrons. The van der Waals surface area contributed by atoms with Gasteiger partial charge in [-0.25, -0.2) is 0 Å². The van der Waals surface area contributed by atoms with E-state index in [2.05, 4.69) is 9.47 Å². The van der Waals surface area contributed by atoms with E-state index in [9.17, 15) is 9.59 Å². The minimum atomic E-state index is -0.560. The molecule has 0 aromatic heterocycles. The van der Waals surface area contributed by atoms with E-state index in [-0.39, 0.29) is 18.8 Å². The highest BCUT2D eigenvalue weighted by atomic mass is 16.6. The van der Waals surface area contributed by atoms with Crippen molar-refractivity contribution >= 4 is 12.6 Å². The second kappa shape index (κ2) is 8.49. The lowest BCUT2D eigenvalue weighted by molar-refractivity contribution is -0.109. The molecule has 6 heteroatoms. The fraction of sp³-hybridized carbons (Fsp3) is 0.778. The number of aliphatic hydroxyl groups excluding tert-OH is 2. The predicted octanol–water partition coefficient (Wildman–Crippen LogP) is -1.47. The molecular weight excluding hydrogens is 204 g/mol. The Bertz CT molecular complexity index is 157. The molecule has 0 bridgehead atoms. The summed E-state index contributed by atoms with van der Waals surface area (Å²) in [6.45, 7) is 2.67. The second-order valence-corrected chi connectivity index (χ2v) is 3.05. The topological polar surface area (TPSA) is 99.7 Å². The number of carbonyl (C=O) groups excluding carboxylic acids is 2. The number of epoxide rings is 2. The van der Waals surface area contributed by atoms with Crippen molar-refractivity contribution in [3.8, 4) is 0 Å². The maximum Gasteiger partial charge on any atom is 0.151 e. The lowest BCUT2D eigenvalue weighted by Gasteiger charge is -1.90. The van der Waals surface area contributed by atoms with Gasteiger partial charge in [-0.05, 0) is 6.92 Å². The number of rotatable bonds is 3. The van der Waals surface area contributed by atoms with Gasteiger partial charge in [-0.2, -0.15) is 0 Å². The average Bonchev–Trinajstić information content (AvgIpc) is 3.08. The van der Waals surface area contributed by atoms with Crippen LogP contribution >= 0.6 is 0 Å². The van der Waals surface area contributed by atoms with Gasteiger partial charge in [0.15, 0.2) is 12.6 Å². The standard InChI is InChI=1S/2C3H4O2.C3H8O2/c2*4-1-3-2-5-3;1-3(5)2-4/h2*1,3H,2H2;3-5H,2H2,1H3. The molecule has 0 aliphatic carbocycles. The highest BCUT2D eigenvalue weighted by Gasteiger charge is 2.20. The van der Waals surface area contributed by atoms with Gasteiger partial charge in [0.2, 0.25) is 0 Å². The summed E-state index contributed by atoms with van der Waals surface area (Å²) in [5.74, 6) is 0. The molecule has 2 N–H and O–H groups in total. The Morgan fingerprint density at radius 3 is 1.53 bits per heavy atom. The maximum absolute atomic E-state index is 9.44. The molecule has 3 unspecified atom stereocenters. The fourth-order valence-electron chi connectivity index (χ4n) is 0.268. The first kappa shape index (κ1) is 14.2. The molecule has 88 valence electrons. The molecule has 2 fully saturated rings. The van der Waals surface area contributed by atoms with Gasteiger partial charge in [0.05, 0.1) is 25.9 Å². The third kappa shape index (κ3) is 13.2. The van der Waals surface area contributed by atoms with Gasteiger partial charge in [-0.3, -0.25) is 0 Å². The summed E-state index contributed by atoms with van der Waals surface area (Å²) in [6.07, 6.45) is 0.958. The largest absolute Gasteiger partial charge is 0.394 e. The van der Waals surface area contributed by atoms with Crippen LogP contribution in [-0.2, 0) is 19.1 Å². The van der Waals surface area contributed by atoms with E-state index >= 15 is 0 Å². The Labute approximate surface area is 87.8 Å². The molecule has 3 atom stereocenters. The van der Waals surface area contributed by atoms with Crippen molar-refractivity contribution in [2.24, 2.45) is 0 Å². The first-order valence-electron chi connectivity index (χ1n) is 4.56. The van der Waals surface area contributed by atoms with Crippen LogP contribution in [0.5, 0.6) is 0 Å². The van der Waals surface area contributed by atoms with Crippen molar-refractivity contribution in [2.45, 2.75) is 25.2 Å². The normalized spacial score (nSPS) is 27.1. The van der Waals surface area contributed by atoms with Gasteiger partial charge in [0, 0.05) is 0 Å². The van der Waals surface area contributed by atoms with Gasteiger partial charge in [0.25, 0.3) is 0 Å². The number of carbonyl (C=O) groups is 2. The van der Waals surface area contributed by atoms with E-state index < -0.39 is 6.10 Å². The monoisotopic (exact) mass is 220 g/mol. The average molecular weight is 220 g/mol. The summed E-state index contributed by atoms with van der Waals surface area (Å²) >= 11 is 0. The van der Waals surface area contributed by atoms with Crippen LogP contribution in [0.25, 0.3) is 0 Å². The summed E-state index contributed by atoms with van der Waals surface area (Å²) in [5, 5.41) is 16.0. The minimum absolute atomic E-state index is 0.0463. The molecule has 2 saturated heterocycles. The number of ether oxygens (including phenoxy) is 2. The summed E-state index contributed by atoms with van der Waals surface area (Å²) in [5.41, 5.74) is 0. The summed E-state index contributed by atoms with van der Waals surface area (Å²) < 4.78 is 8.98. The molecule has 0 aromatic carbocycles. The Morgan fingerprint density at radius 2 is 1.53 bits per heavy atom. The third-order valence-electron chi connectivity index (χ3n) is 1.29. The SMILES string of the molecule is CC(O)CO.O=CC1CO1.O=CC1CO1. The molecule has 2 rings (SSSR count). The Kier molecular flexibility index (Phi) is 8.02. The maximum atomic E-state index is 9.44. The first-order chi connectivity index (χ1) is 7.13. The van der Waals surface area contributed by atoms with Crippen LogP contribution in [0, 0.1) is 0 Å². The van der Waals surface area contributed by atoms with Crippen molar-refractivity contribution in [1.82, 2.24) is 0 Å². The molecular formula is C9H16O6. The molecule has 0 spiro atoms. The number of aldehydes is 2. The molecule has 0 aromatic rings. The van der Waals surface area contributed by atoms with Crippen molar-refractivity contribution in [3.63, 3.8) is 0 Å². The molecule has 6 nitrogen and oxygen atoms in total. The zero-order valence-electron chi connectivity index (χ0n) is 8.54. The molecule has 0 saturated carbocycles. The van der Waals surface area contributed by atoms with E-state index in [1.807, 2.05) is 0 Å².